The molecule has 1 saturated carbocycles. The van der Waals surface area contributed by atoms with Crippen LogP contribution in [0.5, 0.6) is 11.5 Å². The molecule has 1 fully saturated rings. The molecule has 11 heteroatoms. The number of amides is 2. The number of methoxy groups -OCH3 is 2. The molecule has 2 N–H and O–H groups in total. The van der Waals surface area contributed by atoms with Gasteiger partial charge >= 0.3 is 6.09 Å². The number of rotatable bonds is 10. The number of unbranched alkanes of at least 4 members (excludes halogenated alkanes) is 1. The quantitative estimate of drug-likeness (QED) is 0.307. The van der Waals surface area contributed by atoms with E-state index in [0.29, 0.717) is 18.1 Å². The molecular formula is C27H34ClFN4O5. The fourth-order valence-electron chi connectivity index (χ4n) is 4.93. The van der Waals surface area contributed by atoms with Gasteiger partial charge in [0.05, 0.1) is 39.0 Å². The molecule has 2 heterocycles. The molecule has 206 valence electrons. The van der Waals surface area contributed by atoms with Crippen molar-refractivity contribution in [2.75, 3.05) is 26.1 Å². The molecule has 2 atom stereocenters. The first-order chi connectivity index (χ1) is 18.4. The summed E-state index contributed by atoms with van der Waals surface area (Å²) >= 11 is 6.42. The van der Waals surface area contributed by atoms with Crippen LogP contribution in [0, 0.1) is 5.82 Å². The zero-order valence-electron chi connectivity index (χ0n) is 21.9. The van der Waals surface area contributed by atoms with Crippen LogP contribution in [0.3, 0.4) is 0 Å². The highest BCUT2D eigenvalue weighted by Gasteiger charge is 2.36. The summed E-state index contributed by atoms with van der Waals surface area (Å²) in [5.74, 6) is 0.151. The van der Waals surface area contributed by atoms with Crippen LogP contribution < -0.4 is 20.1 Å². The number of aromatic nitrogens is 1. The summed E-state index contributed by atoms with van der Waals surface area (Å²) in [6.07, 6.45) is 4.57. The summed E-state index contributed by atoms with van der Waals surface area (Å²) in [5, 5.41) is 6.00. The third-order valence-electron chi connectivity index (χ3n) is 7.02. The van der Waals surface area contributed by atoms with Crippen molar-refractivity contribution >= 4 is 29.4 Å². The third-order valence-corrected chi connectivity index (χ3v) is 7.29. The number of benzene rings is 1. The van der Waals surface area contributed by atoms with Gasteiger partial charge in [-0.05, 0) is 31.4 Å². The Morgan fingerprint density at radius 3 is 2.68 bits per heavy atom. The van der Waals surface area contributed by atoms with E-state index in [1.54, 1.807) is 25.3 Å². The first kappa shape index (κ1) is 27.8. The fraction of sp³-hybridized carbons (Fsp3) is 0.519. The Labute approximate surface area is 227 Å². The minimum Gasteiger partial charge on any atom is -0.497 e. The Balaban J connectivity index is 1.50. The van der Waals surface area contributed by atoms with E-state index in [9.17, 15) is 9.59 Å². The molecular weight excluding hydrogens is 515 g/mol. The van der Waals surface area contributed by atoms with Crippen molar-refractivity contribution in [2.45, 2.75) is 70.6 Å². The Morgan fingerprint density at radius 2 is 1.97 bits per heavy atom. The van der Waals surface area contributed by atoms with Crippen LogP contribution in [0.2, 0.25) is 5.15 Å². The molecule has 1 aliphatic carbocycles. The topological polar surface area (TPSA) is 102 Å². The standard InChI is InChI=1S/C27H34ClFN4O5/c1-4-5-12-38-27(35)31-20-9-7-6-8-19(20)30-25-23(29)18-15-33(26(34)22(18)24(28)32-25)14-16-10-11-17(36-2)13-21(16)37-3/h10-11,13,19-20H,4-9,12,14-15H2,1-3H3,(H,30,32)(H,31,35)/t19-,20+/m0/s1. The second-order valence-electron chi connectivity index (χ2n) is 9.53. The van der Waals surface area contributed by atoms with Crippen molar-refractivity contribution < 1.29 is 28.2 Å². The summed E-state index contributed by atoms with van der Waals surface area (Å²) in [7, 11) is 3.10. The van der Waals surface area contributed by atoms with Crippen LogP contribution in [0.4, 0.5) is 15.0 Å². The van der Waals surface area contributed by atoms with Crippen LogP contribution in [0.1, 0.15) is 66.9 Å². The second kappa shape index (κ2) is 12.5. The van der Waals surface area contributed by atoms with Gasteiger partial charge in [0.2, 0.25) is 0 Å². The van der Waals surface area contributed by atoms with E-state index in [4.69, 9.17) is 25.8 Å². The molecule has 0 spiro atoms. The smallest absolute Gasteiger partial charge is 0.407 e. The van der Waals surface area contributed by atoms with Gasteiger partial charge in [-0.3, -0.25) is 4.79 Å². The molecule has 38 heavy (non-hydrogen) atoms. The van der Waals surface area contributed by atoms with Gasteiger partial charge in [0.25, 0.3) is 5.91 Å². The number of hydrogen-bond donors (Lipinski definition) is 2. The maximum Gasteiger partial charge on any atom is 0.407 e. The molecule has 1 aromatic carbocycles. The van der Waals surface area contributed by atoms with Crippen molar-refractivity contribution in [3.05, 3.63) is 45.9 Å². The highest BCUT2D eigenvalue weighted by Crippen LogP contribution is 2.36. The minimum atomic E-state index is -0.614. The Bertz CT molecular complexity index is 1180. The Morgan fingerprint density at radius 1 is 1.21 bits per heavy atom. The normalized spacial score (nSPS) is 18.7. The average Bonchev–Trinajstić information content (AvgIpc) is 3.25. The first-order valence-electron chi connectivity index (χ1n) is 12.9. The highest BCUT2D eigenvalue weighted by molar-refractivity contribution is 6.33. The van der Waals surface area contributed by atoms with Crippen LogP contribution in [-0.4, -0.2) is 54.8 Å². The van der Waals surface area contributed by atoms with Gasteiger partial charge < -0.3 is 29.7 Å². The molecule has 9 nitrogen and oxygen atoms in total. The Kier molecular flexibility index (Phi) is 9.14. The largest absolute Gasteiger partial charge is 0.497 e. The lowest BCUT2D eigenvalue weighted by atomic mass is 9.90. The van der Waals surface area contributed by atoms with Gasteiger partial charge in [0, 0.05) is 29.8 Å². The summed E-state index contributed by atoms with van der Waals surface area (Å²) in [6.45, 7) is 2.63. The molecule has 4 rings (SSSR count). The summed E-state index contributed by atoms with van der Waals surface area (Å²) in [6, 6.07) is 4.81. The van der Waals surface area contributed by atoms with Crippen molar-refractivity contribution in [3.8, 4) is 11.5 Å². The molecule has 1 aliphatic heterocycles. The number of nitrogens with zero attached hydrogens (tertiary/aromatic N) is 2. The number of carbonyl (C=O) groups is 2. The third kappa shape index (κ3) is 6.06. The lowest BCUT2D eigenvalue weighted by Gasteiger charge is -2.33. The number of ether oxygens (including phenoxy) is 3. The van der Waals surface area contributed by atoms with Crippen molar-refractivity contribution in [1.29, 1.82) is 0 Å². The number of hydrogen-bond acceptors (Lipinski definition) is 7. The first-order valence-corrected chi connectivity index (χ1v) is 13.3. The number of alkyl carbamates (subject to hydrolysis) is 1. The molecule has 0 saturated heterocycles. The summed E-state index contributed by atoms with van der Waals surface area (Å²) < 4.78 is 31.6. The molecule has 2 aromatic rings. The zero-order valence-corrected chi connectivity index (χ0v) is 22.7. The number of halogens is 2. The molecule has 0 unspecified atom stereocenters. The number of fused-ring (bicyclic) bond motifs is 1. The predicted molar refractivity (Wildman–Crippen MR) is 141 cm³/mol. The van der Waals surface area contributed by atoms with Gasteiger partial charge in [-0.15, -0.1) is 0 Å². The summed E-state index contributed by atoms with van der Waals surface area (Å²) in [5.41, 5.74) is 1.02. The highest BCUT2D eigenvalue weighted by atomic mass is 35.5. The SMILES string of the molecule is CCCCOC(=O)N[C@@H]1CCCC[C@@H]1Nc1nc(Cl)c2c(c1F)CN(Cc1ccc(OC)cc1OC)C2=O. The number of carbonyl (C=O) groups excluding carboxylic acids is 2. The van der Waals surface area contributed by atoms with Crippen molar-refractivity contribution in [3.63, 3.8) is 0 Å². The number of pyridine rings is 1. The van der Waals surface area contributed by atoms with E-state index in [0.717, 1.165) is 44.1 Å². The van der Waals surface area contributed by atoms with Gasteiger partial charge in [0.15, 0.2) is 11.6 Å². The monoisotopic (exact) mass is 548 g/mol. The van der Waals surface area contributed by atoms with Crippen molar-refractivity contribution in [2.24, 2.45) is 0 Å². The average molecular weight is 549 g/mol. The van der Waals surface area contributed by atoms with Crippen molar-refractivity contribution in [1.82, 2.24) is 15.2 Å². The zero-order chi connectivity index (χ0) is 27.2. The van der Waals surface area contributed by atoms with Crippen LogP contribution in [0.15, 0.2) is 18.2 Å². The second-order valence-corrected chi connectivity index (χ2v) is 9.89. The molecule has 0 bridgehead atoms. The fourth-order valence-corrected chi connectivity index (χ4v) is 5.21. The number of anilines is 1. The maximum atomic E-state index is 15.7. The van der Waals surface area contributed by atoms with E-state index in [-0.39, 0.29) is 47.3 Å². The Hall–Kier alpha value is -3.27. The van der Waals surface area contributed by atoms with Crippen LogP contribution in [0.25, 0.3) is 0 Å². The minimum absolute atomic E-state index is 0.0246. The maximum absolute atomic E-state index is 15.7. The lowest BCUT2D eigenvalue weighted by molar-refractivity contribution is 0.0765. The lowest BCUT2D eigenvalue weighted by Crippen LogP contribution is -2.49. The molecule has 0 radical (unpaired) electrons. The predicted octanol–water partition coefficient (Wildman–Crippen LogP) is 5.30. The van der Waals surface area contributed by atoms with Crippen LogP contribution >= 0.6 is 11.6 Å². The van der Waals surface area contributed by atoms with E-state index in [1.165, 1.54) is 12.0 Å². The van der Waals surface area contributed by atoms with Gasteiger partial charge in [-0.2, -0.15) is 0 Å². The molecule has 2 aliphatic rings. The molecule has 1 aromatic heterocycles. The van der Waals surface area contributed by atoms with E-state index in [2.05, 4.69) is 15.6 Å². The van der Waals surface area contributed by atoms with Gasteiger partial charge in [0.1, 0.15) is 16.7 Å². The van der Waals surface area contributed by atoms with E-state index in [1.807, 2.05) is 6.92 Å². The van der Waals surface area contributed by atoms with E-state index < -0.39 is 17.8 Å². The van der Waals surface area contributed by atoms with Gasteiger partial charge in [-0.1, -0.05) is 37.8 Å². The molecule has 2 amide bonds. The number of nitrogens with one attached hydrogen (secondary N) is 2. The van der Waals surface area contributed by atoms with E-state index >= 15 is 4.39 Å². The van der Waals surface area contributed by atoms with Gasteiger partial charge in [-0.25, -0.2) is 14.2 Å². The summed E-state index contributed by atoms with van der Waals surface area (Å²) in [4.78, 5) is 31.1. The van der Waals surface area contributed by atoms with Crippen LogP contribution in [-0.2, 0) is 17.8 Å².